The van der Waals surface area contributed by atoms with Crippen molar-refractivity contribution in [3.63, 3.8) is 0 Å². The van der Waals surface area contributed by atoms with Crippen molar-refractivity contribution < 1.29 is 18.0 Å². The molecule has 4 N–H and O–H groups in total. The van der Waals surface area contributed by atoms with Crippen molar-refractivity contribution >= 4 is 11.6 Å². The van der Waals surface area contributed by atoms with E-state index in [2.05, 4.69) is 5.10 Å². The van der Waals surface area contributed by atoms with Gasteiger partial charge in [-0.05, 0) is 18.2 Å². The molecule has 8 heteroatoms. The number of hydrogen-bond donors (Lipinski definition) is 2. The number of halogens is 3. The van der Waals surface area contributed by atoms with Crippen molar-refractivity contribution in [2.45, 2.75) is 6.18 Å². The highest BCUT2D eigenvalue weighted by molar-refractivity contribution is 5.92. The number of amides is 1. The zero-order valence-corrected chi connectivity index (χ0v) is 9.48. The van der Waals surface area contributed by atoms with Gasteiger partial charge in [-0.2, -0.15) is 18.3 Å². The fourth-order valence-electron chi connectivity index (χ4n) is 1.52. The molecule has 1 amide bonds. The van der Waals surface area contributed by atoms with Crippen LogP contribution in [0.1, 0.15) is 15.9 Å². The van der Waals surface area contributed by atoms with Crippen molar-refractivity contribution in [2.24, 2.45) is 5.73 Å². The molecule has 0 atom stereocenters. The number of rotatable bonds is 2. The van der Waals surface area contributed by atoms with Crippen molar-refractivity contribution in [2.75, 3.05) is 5.73 Å². The van der Waals surface area contributed by atoms with Crippen molar-refractivity contribution in [1.29, 1.82) is 0 Å². The van der Waals surface area contributed by atoms with E-state index in [0.29, 0.717) is 0 Å². The first-order valence-electron chi connectivity index (χ1n) is 5.10. The molecule has 5 nitrogen and oxygen atoms in total. The van der Waals surface area contributed by atoms with Gasteiger partial charge in [-0.3, -0.25) is 4.79 Å². The Kier molecular flexibility index (Phi) is 2.93. The lowest BCUT2D eigenvalue weighted by Crippen LogP contribution is -2.10. The summed E-state index contributed by atoms with van der Waals surface area (Å²) in [6.07, 6.45) is -2.14. The molecule has 0 unspecified atom stereocenters. The Morgan fingerprint density at radius 2 is 2.00 bits per heavy atom. The molecule has 1 heterocycles. The van der Waals surface area contributed by atoms with Crippen LogP contribution in [-0.4, -0.2) is 15.7 Å². The zero-order chi connectivity index (χ0) is 14.2. The molecule has 19 heavy (non-hydrogen) atoms. The van der Waals surface area contributed by atoms with Gasteiger partial charge in [-0.1, -0.05) is 0 Å². The number of primary amides is 1. The van der Waals surface area contributed by atoms with E-state index in [4.69, 9.17) is 11.5 Å². The van der Waals surface area contributed by atoms with Crippen LogP contribution in [-0.2, 0) is 6.18 Å². The normalized spacial score (nSPS) is 11.5. The number of benzene rings is 1. The van der Waals surface area contributed by atoms with Gasteiger partial charge >= 0.3 is 6.18 Å². The van der Waals surface area contributed by atoms with E-state index in [9.17, 15) is 18.0 Å². The number of carbonyl (C=O) groups is 1. The fraction of sp³-hybridized carbons (Fsp3) is 0.0909. The number of nitrogen functional groups attached to an aromatic ring is 1. The van der Waals surface area contributed by atoms with Crippen LogP contribution in [0.2, 0.25) is 0 Å². The third-order valence-corrected chi connectivity index (χ3v) is 2.47. The van der Waals surface area contributed by atoms with Gasteiger partial charge in [0.15, 0.2) is 0 Å². The van der Waals surface area contributed by atoms with E-state index in [-0.39, 0.29) is 16.9 Å². The minimum atomic E-state index is -4.56. The quantitative estimate of drug-likeness (QED) is 0.812. The van der Waals surface area contributed by atoms with Crippen LogP contribution in [0.5, 0.6) is 0 Å². The van der Waals surface area contributed by atoms with Crippen LogP contribution in [0.4, 0.5) is 18.9 Å². The second kappa shape index (κ2) is 4.30. The summed E-state index contributed by atoms with van der Waals surface area (Å²) < 4.78 is 39.2. The molecule has 0 aliphatic carbocycles. The van der Waals surface area contributed by atoms with Crippen LogP contribution in [0.15, 0.2) is 30.6 Å². The lowest BCUT2D eigenvalue weighted by molar-refractivity contribution is -0.136. The van der Waals surface area contributed by atoms with Gasteiger partial charge in [0.05, 0.1) is 23.0 Å². The topological polar surface area (TPSA) is 86.9 Å². The summed E-state index contributed by atoms with van der Waals surface area (Å²) in [6.45, 7) is 0. The van der Waals surface area contributed by atoms with Gasteiger partial charge in [0.1, 0.15) is 0 Å². The van der Waals surface area contributed by atoms with Crippen LogP contribution < -0.4 is 11.5 Å². The monoisotopic (exact) mass is 270 g/mol. The minimum Gasteiger partial charge on any atom is -0.398 e. The molecule has 0 radical (unpaired) electrons. The molecule has 0 aliphatic heterocycles. The molecule has 2 rings (SSSR count). The van der Waals surface area contributed by atoms with E-state index in [1.54, 1.807) is 0 Å². The zero-order valence-electron chi connectivity index (χ0n) is 9.48. The van der Waals surface area contributed by atoms with Crippen molar-refractivity contribution in [1.82, 2.24) is 9.78 Å². The molecule has 1 aromatic heterocycles. The summed E-state index contributed by atoms with van der Waals surface area (Å²) in [6, 6.07) is 3.35. The SMILES string of the molecule is NC(=O)c1cnn(-c2ccc(N)c(C(F)(F)F)c2)c1. The third kappa shape index (κ3) is 2.51. The molecule has 0 spiro atoms. The number of hydrogen-bond acceptors (Lipinski definition) is 3. The summed E-state index contributed by atoms with van der Waals surface area (Å²) in [5.41, 5.74) is 9.22. The summed E-state index contributed by atoms with van der Waals surface area (Å²) in [7, 11) is 0. The first-order chi connectivity index (χ1) is 8.79. The standard InChI is InChI=1S/C11H9F3N4O/c12-11(13,14)8-3-7(1-2-9(8)15)18-5-6(4-17-18)10(16)19/h1-5H,15H2,(H2,16,19). The van der Waals surface area contributed by atoms with E-state index < -0.39 is 17.6 Å². The van der Waals surface area contributed by atoms with Crippen LogP contribution in [0, 0.1) is 0 Å². The fourth-order valence-corrected chi connectivity index (χ4v) is 1.52. The maximum atomic E-state index is 12.7. The Morgan fingerprint density at radius 3 is 2.53 bits per heavy atom. The number of nitrogens with zero attached hydrogens (tertiary/aromatic N) is 2. The van der Waals surface area contributed by atoms with Gasteiger partial charge in [0.2, 0.25) is 0 Å². The van der Waals surface area contributed by atoms with Gasteiger partial charge < -0.3 is 11.5 Å². The highest BCUT2D eigenvalue weighted by atomic mass is 19.4. The Labute approximate surface area is 105 Å². The maximum Gasteiger partial charge on any atom is 0.418 e. The molecule has 1 aromatic carbocycles. The van der Waals surface area contributed by atoms with Gasteiger partial charge in [-0.15, -0.1) is 0 Å². The Balaban J connectivity index is 2.48. The summed E-state index contributed by atoms with van der Waals surface area (Å²) >= 11 is 0. The number of carbonyl (C=O) groups excluding carboxylic acids is 1. The second-order valence-corrected chi connectivity index (χ2v) is 3.81. The molecule has 0 saturated heterocycles. The maximum absolute atomic E-state index is 12.7. The number of anilines is 1. The van der Waals surface area contributed by atoms with E-state index in [1.165, 1.54) is 18.5 Å². The Bertz CT molecular complexity index is 633. The number of aromatic nitrogens is 2. The first-order valence-corrected chi connectivity index (χ1v) is 5.10. The molecule has 0 fully saturated rings. The molecular weight excluding hydrogens is 261 g/mol. The average Bonchev–Trinajstić information content (AvgIpc) is 2.77. The van der Waals surface area contributed by atoms with Crippen LogP contribution >= 0.6 is 0 Å². The molecule has 0 bridgehead atoms. The number of alkyl halides is 3. The largest absolute Gasteiger partial charge is 0.418 e. The average molecular weight is 270 g/mol. The predicted octanol–water partition coefficient (Wildman–Crippen LogP) is 1.57. The summed E-state index contributed by atoms with van der Waals surface area (Å²) in [5, 5.41) is 3.77. The lowest BCUT2D eigenvalue weighted by atomic mass is 10.1. The van der Waals surface area contributed by atoms with Crippen molar-refractivity contribution in [3.05, 3.63) is 41.7 Å². The van der Waals surface area contributed by atoms with Crippen molar-refractivity contribution in [3.8, 4) is 5.69 Å². The summed E-state index contributed by atoms with van der Waals surface area (Å²) in [5.74, 6) is -0.710. The molecule has 0 aliphatic rings. The first kappa shape index (κ1) is 12.9. The van der Waals surface area contributed by atoms with E-state index in [0.717, 1.165) is 16.8 Å². The van der Waals surface area contributed by atoms with E-state index in [1.807, 2.05) is 0 Å². The van der Waals surface area contributed by atoms with Crippen LogP contribution in [0.3, 0.4) is 0 Å². The summed E-state index contributed by atoms with van der Waals surface area (Å²) in [4.78, 5) is 10.9. The molecule has 100 valence electrons. The second-order valence-electron chi connectivity index (χ2n) is 3.81. The third-order valence-electron chi connectivity index (χ3n) is 2.47. The smallest absolute Gasteiger partial charge is 0.398 e. The highest BCUT2D eigenvalue weighted by Gasteiger charge is 2.33. The highest BCUT2D eigenvalue weighted by Crippen LogP contribution is 2.34. The lowest BCUT2D eigenvalue weighted by Gasteiger charge is -2.11. The minimum absolute atomic E-state index is 0.102. The van der Waals surface area contributed by atoms with Gasteiger partial charge in [0.25, 0.3) is 5.91 Å². The molecule has 0 saturated carbocycles. The Hall–Kier alpha value is -2.51. The van der Waals surface area contributed by atoms with Gasteiger partial charge in [0, 0.05) is 11.9 Å². The predicted molar refractivity (Wildman–Crippen MR) is 61.5 cm³/mol. The van der Waals surface area contributed by atoms with E-state index >= 15 is 0 Å². The number of nitrogens with two attached hydrogens (primary N) is 2. The van der Waals surface area contributed by atoms with Gasteiger partial charge in [-0.25, -0.2) is 4.68 Å². The Morgan fingerprint density at radius 1 is 1.32 bits per heavy atom. The molecular formula is C11H9F3N4O. The molecule has 2 aromatic rings. The van der Waals surface area contributed by atoms with Crippen LogP contribution in [0.25, 0.3) is 5.69 Å².